The van der Waals surface area contributed by atoms with Crippen LogP contribution in [0.4, 0.5) is 4.79 Å². The molecule has 2 aromatic carbocycles. The number of ether oxygens (including phenoxy) is 2. The first-order valence-electron chi connectivity index (χ1n) is 9.93. The van der Waals surface area contributed by atoms with Crippen LogP contribution in [-0.4, -0.2) is 40.5 Å². The van der Waals surface area contributed by atoms with E-state index >= 15 is 0 Å². The highest BCUT2D eigenvalue weighted by Gasteiger charge is 2.14. The average molecular weight is 486 g/mol. The molecular weight excluding hydrogens is 466 g/mol. The summed E-state index contributed by atoms with van der Waals surface area (Å²) in [5.74, 6) is 0.846. The first kappa shape index (κ1) is 22.6. The number of halogens is 1. The summed E-state index contributed by atoms with van der Waals surface area (Å²) in [6, 6.07) is 14.0. The Morgan fingerprint density at radius 2 is 1.97 bits per heavy atom. The highest BCUT2D eigenvalue weighted by Crippen LogP contribution is 2.33. The second-order valence-electron chi connectivity index (χ2n) is 7.25. The molecule has 2 N–H and O–H groups in total. The van der Waals surface area contributed by atoms with E-state index < -0.39 is 12.1 Å². The zero-order valence-corrected chi connectivity index (χ0v) is 19.3. The highest BCUT2D eigenvalue weighted by atomic mass is 35.5. The minimum absolute atomic E-state index is 0.123. The maximum absolute atomic E-state index is 13.2. The second kappa shape index (κ2) is 9.51. The van der Waals surface area contributed by atoms with Crippen molar-refractivity contribution in [3.05, 3.63) is 70.2 Å². The number of aromatic nitrogens is 2. The van der Waals surface area contributed by atoms with Crippen molar-refractivity contribution < 1.29 is 19.4 Å². The average Bonchev–Trinajstić information content (AvgIpc) is 3.23. The molecule has 2 aromatic heterocycles. The van der Waals surface area contributed by atoms with Crippen LogP contribution in [0.2, 0.25) is 5.02 Å². The number of thiophene rings is 1. The van der Waals surface area contributed by atoms with Crippen LogP contribution in [-0.2, 0) is 0 Å². The summed E-state index contributed by atoms with van der Waals surface area (Å²) in [6.45, 7) is 1.81. The molecule has 0 saturated carbocycles. The van der Waals surface area contributed by atoms with E-state index in [1.807, 2.05) is 18.2 Å². The van der Waals surface area contributed by atoms with Gasteiger partial charge in [-0.2, -0.15) is 0 Å². The molecule has 0 aliphatic rings. The molecule has 1 amide bonds. The maximum atomic E-state index is 13.2. The lowest BCUT2D eigenvalue weighted by Crippen LogP contribution is -2.35. The van der Waals surface area contributed by atoms with Crippen LogP contribution in [0.25, 0.3) is 26.3 Å². The summed E-state index contributed by atoms with van der Waals surface area (Å²) in [4.78, 5) is 29.3. The Balaban J connectivity index is 1.64. The van der Waals surface area contributed by atoms with Gasteiger partial charge in [-0.25, -0.2) is 9.78 Å². The van der Waals surface area contributed by atoms with Crippen LogP contribution in [0.15, 0.2) is 59.7 Å². The molecule has 0 spiro atoms. The third-order valence-electron chi connectivity index (χ3n) is 4.85. The smallest absolute Gasteiger partial charge is 0.404 e. The van der Waals surface area contributed by atoms with Gasteiger partial charge < -0.3 is 19.9 Å². The van der Waals surface area contributed by atoms with E-state index in [-0.39, 0.29) is 12.2 Å². The number of hydrogen-bond donors (Lipinski definition) is 2. The molecule has 0 aliphatic carbocycles. The Bertz CT molecular complexity index is 1370. The number of fused-ring (bicyclic) bond motifs is 1. The largest absolute Gasteiger partial charge is 0.493 e. The van der Waals surface area contributed by atoms with Crippen molar-refractivity contribution in [2.75, 3.05) is 13.7 Å². The van der Waals surface area contributed by atoms with E-state index in [0.717, 1.165) is 10.4 Å². The van der Waals surface area contributed by atoms with Gasteiger partial charge in [0.05, 0.1) is 24.4 Å². The number of nitrogens with zero attached hydrogens (tertiary/aromatic N) is 2. The topological polar surface area (TPSA) is 103 Å². The number of rotatable bonds is 7. The van der Waals surface area contributed by atoms with E-state index in [1.165, 1.54) is 29.3 Å². The summed E-state index contributed by atoms with van der Waals surface area (Å²) in [5.41, 5.74) is 1.96. The normalized spacial score (nSPS) is 11.8. The standard InChI is InChI=1S/C23H20ClN3O5S/c1-13(26-23(29)30)11-32-18-8-7-16(9-19(18)31-2)27-12-25-17-10-20(33-21(17)22(27)28)14-3-5-15(24)6-4-14/h3-10,12-13,26H,11H2,1-2H3,(H,29,30)/t13-/m0/s1. The Labute approximate surface area is 198 Å². The van der Waals surface area contributed by atoms with Crippen LogP contribution in [0.3, 0.4) is 0 Å². The molecule has 4 aromatic rings. The monoisotopic (exact) mass is 485 g/mol. The quantitative estimate of drug-likeness (QED) is 0.389. The second-order valence-corrected chi connectivity index (χ2v) is 8.74. The van der Waals surface area contributed by atoms with Gasteiger partial charge in [0.2, 0.25) is 0 Å². The number of carbonyl (C=O) groups is 1. The molecule has 4 rings (SSSR count). The Kier molecular flexibility index (Phi) is 6.52. The number of amides is 1. The zero-order valence-electron chi connectivity index (χ0n) is 17.7. The molecular formula is C23H20ClN3O5S. The first-order chi connectivity index (χ1) is 15.9. The van der Waals surface area contributed by atoms with Crippen molar-refractivity contribution >= 4 is 39.2 Å². The summed E-state index contributed by atoms with van der Waals surface area (Å²) in [5, 5.41) is 11.8. The van der Waals surface area contributed by atoms with Crippen molar-refractivity contribution in [1.29, 1.82) is 0 Å². The van der Waals surface area contributed by atoms with Crippen molar-refractivity contribution in [2.24, 2.45) is 0 Å². The minimum Gasteiger partial charge on any atom is -0.493 e. The van der Waals surface area contributed by atoms with E-state index in [2.05, 4.69) is 10.3 Å². The number of carboxylic acid groups (broad SMARTS) is 1. The lowest BCUT2D eigenvalue weighted by Gasteiger charge is -2.16. The molecule has 33 heavy (non-hydrogen) atoms. The number of methoxy groups -OCH3 is 1. The fourth-order valence-electron chi connectivity index (χ4n) is 3.25. The lowest BCUT2D eigenvalue weighted by molar-refractivity contribution is 0.182. The zero-order chi connectivity index (χ0) is 23.5. The molecule has 0 unspecified atom stereocenters. The van der Waals surface area contributed by atoms with Crippen molar-refractivity contribution in [1.82, 2.24) is 14.9 Å². The molecule has 0 radical (unpaired) electrons. The van der Waals surface area contributed by atoms with Gasteiger partial charge in [0.1, 0.15) is 17.6 Å². The third-order valence-corrected chi connectivity index (χ3v) is 6.26. The van der Waals surface area contributed by atoms with E-state index in [1.54, 1.807) is 37.3 Å². The van der Waals surface area contributed by atoms with Gasteiger partial charge in [-0.15, -0.1) is 11.3 Å². The molecule has 0 aliphatic heterocycles. The number of nitrogens with one attached hydrogen (secondary N) is 1. The van der Waals surface area contributed by atoms with Crippen molar-refractivity contribution in [3.63, 3.8) is 0 Å². The molecule has 10 heteroatoms. The van der Waals surface area contributed by atoms with Crippen LogP contribution in [0.1, 0.15) is 6.92 Å². The van der Waals surface area contributed by atoms with Crippen LogP contribution in [0.5, 0.6) is 11.5 Å². The van der Waals surface area contributed by atoms with Crippen LogP contribution < -0.4 is 20.3 Å². The summed E-state index contributed by atoms with van der Waals surface area (Å²) in [7, 11) is 1.49. The highest BCUT2D eigenvalue weighted by molar-refractivity contribution is 7.22. The van der Waals surface area contributed by atoms with Crippen LogP contribution in [0, 0.1) is 0 Å². The summed E-state index contributed by atoms with van der Waals surface area (Å²) in [6.07, 6.45) is 0.362. The van der Waals surface area contributed by atoms with Gasteiger partial charge in [0.25, 0.3) is 5.56 Å². The van der Waals surface area contributed by atoms with Gasteiger partial charge in [-0.1, -0.05) is 23.7 Å². The fraction of sp³-hybridized carbons (Fsp3) is 0.174. The third kappa shape index (κ3) is 4.94. The molecule has 8 nitrogen and oxygen atoms in total. The fourth-order valence-corrected chi connectivity index (χ4v) is 4.42. The van der Waals surface area contributed by atoms with Gasteiger partial charge in [-0.05, 0) is 42.8 Å². The van der Waals surface area contributed by atoms with Gasteiger partial charge >= 0.3 is 6.09 Å². The maximum Gasteiger partial charge on any atom is 0.404 e. The number of benzene rings is 2. The predicted molar refractivity (Wildman–Crippen MR) is 128 cm³/mol. The minimum atomic E-state index is -1.12. The molecule has 0 bridgehead atoms. The Hall–Kier alpha value is -3.56. The van der Waals surface area contributed by atoms with Gasteiger partial charge in [0.15, 0.2) is 11.5 Å². The molecule has 0 saturated heterocycles. The molecule has 0 fully saturated rings. The molecule has 2 heterocycles. The van der Waals surface area contributed by atoms with E-state index in [4.69, 9.17) is 26.2 Å². The Morgan fingerprint density at radius 3 is 2.67 bits per heavy atom. The SMILES string of the molecule is COc1cc(-n2cnc3cc(-c4ccc(Cl)cc4)sc3c2=O)ccc1OC[C@H](C)NC(=O)O. The lowest BCUT2D eigenvalue weighted by atomic mass is 10.2. The molecule has 1 atom stereocenters. The van der Waals surface area contributed by atoms with Crippen molar-refractivity contribution in [2.45, 2.75) is 13.0 Å². The predicted octanol–water partition coefficient (Wildman–Crippen LogP) is 4.81. The molecule has 170 valence electrons. The van der Waals surface area contributed by atoms with Crippen molar-refractivity contribution in [3.8, 4) is 27.6 Å². The van der Waals surface area contributed by atoms with Gasteiger partial charge in [-0.3, -0.25) is 9.36 Å². The van der Waals surface area contributed by atoms with Gasteiger partial charge in [0, 0.05) is 16.0 Å². The first-order valence-corrected chi connectivity index (χ1v) is 11.1. The number of hydrogen-bond acceptors (Lipinski definition) is 6. The van der Waals surface area contributed by atoms with E-state index in [9.17, 15) is 9.59 Å². The summed E-state index contributed by atoms with van der Waals surface area (Å²) >= 11 is 7.35. The van der Waals surface area contributed by atoms with Crippen LogP contribution >= 0.6 is 22.9 Å². The van der Waals surface area contributed by atoms with E-state index in [0.29, 0.717) is 32.4 Å². The summed E-state index contributed by atoms with van der Waals surface area (Å²) < 4.78 is 13.1. The Morgan fingerprint density at radius 1 is 1.21 bits per heavy atom.